The summed E-state index contributed by atoms with van der Waals surface area (Å²) in [5.74, 6) is -0.719. The molecule has 0 amide bonds. The summed E-state index contributed by atoms with van der Waals surface area (Å²) in [7, 11) is 4.14. The molecule has 1 heterocycles. The third kappa shape index (κ3) is 6.00. The predicted octanol–water partition coefficient (Wildman–Crippen LogP) is 0.504. The number of nitrogens with zero attached hydrogens (tertiary/aromatic N) is 2. The van der Waals surface area contributed by atoms with Gasteiger partial charge in [-0.15, -0.1) is 0 Å². The maximum atomic E-state index is 10.6. The molecule has 17 heavy (non-hydrogen) atoms. The van der Waals surface area contributed by atoms with Crippen LogP contribution in [-0.4, -0.2) is 73.9 Å². The molecule has 1 rings (SSSR count). The standard InChI is InChI=1S/C12H24N2O3/c1-13(2)6-3-7-14-8-9-17-10-11(14)4-5-12(15)16/h11H,3-10H2,1-2H3,(H,15,16). The summed E-state index contributed by atoms with van der Waals surface area (Å²) in [6.45, 7) is 4.48. The van der Waals surface area contributed by atoms with E-state index in [0.717, 1.165) is 32.7 Å². The van der Waals surface area contributed by atoms with E-state index in [1.165, 1.54) is 0 Å². The summed E-state index contributed by atoms with van der Waals surface area (Å²) >= 11 is 0. The molecule has 1 N–H and O–H groups in total. The summed E-state index contributed by atoms with van der Waals surface area (Å²) in [4.78, 5) is 15.1. The van der Waals surface area contributed by atoms with Crippen molar-refractivity contribution in [2.75, 3.05) is 46.9 Å². The molecule has 0 aromatic heterocycles. The molecule has 0 aliphatic carbocycles. The molecule has 0 bridgehead atoms. The normalized spacial score (nSPS) is 21.9. The largest absolute Gasteiger partial charge is 0.481 e. The van der Waals surface area contributed by atoms with E-state index in [-0.39, 0.29) is 12.5 Å². The molecule has 5 nitrogen and oxygen atoms in total. The molecule has 0 spiro atoms. The van der Waals surface area contributed by atoms with Gasteiger partial charge < -0.3 is 14.7 Å². The van der Waals surface area contributed by atoms with Crippen molar-refractivity contribution >= 4 is 5.97 Å². The third-order valence-electron chi connectivity index (χ3n) is 3.09. The summed E-state index contributed by atoms with van der Waals surface area (Å²) in [5, 5.41) is 8.71. The van der Waals surface area contributed by atoms with Crippen molar-refractivity contribution in [1.82, 2.24) is 9.80 Å². The highest BCUT2D eigenvalue weighted by molar-refractivity contribution is 5.66. The Morgan fingerprint density at radius 2 is 2.29 bits per heavy atom. The molecule has 1 saturated heterocycles. The van der Waals surface area contributed by atoms with Crippen LogP contribution in [0.15, 0.2) is 0 Å². The van der Waals surface area contributed by atoms with Crippen LogP contribution in [0, 0.1) is 0 Å². The number of hydrogen-bond acceptors (Lipinski definition) is 4. The van der Waals surface area contributed by atoms with Gasteiger partial charge in [0.15, 0.2) is 0 Å². The molecule has 1 unspecified atom stereocenters. The third-order valence-corrected chi connectivity index (χ3v) is 3.09. The van der Waals surface area contributed by atoms with E-state index >= 15 is 0 Å². The Morgan fingerprint density at radius 3 is 2.94 bits per heavy atom. The van der Waals surface area contributed by atoms with E-state index in [1.807, 2.05) is 0 Å². The van der Waals surface area contributed by atoms with Crippen LogP contribution < -0.4 is 0 Å². The van der Waals surface area contributed by atoms with Gasteiger partial charge in [0.2, 0.25) is 0 Å². The van der Waals surface area contributed by atoms with Crippen molar-refractivity contribution in [3.8, 4) is 0 Å². The smallest absolute Gasteiger partial charge is 0.303 e. The molecule has 5 heteroatoms. The van der Waals surface area contributed by atoms with Crippen molar-refractivity contribution < 1.29 is 14.6 Å². The Kier molecular flexibility index (Phi) is 6.47. The van der Waals surface area contributed by atoms with Gasteiger partial charge in [-0.3, -0.25) is 9.69 Å². The lowest BCUT2D eigenvalue weighted by Gasteiger charge is -2.35. The minimum absolute atomic E-state index is 0.234. The van der Waals surface area contributed by atoms with E-state index in [9.17, 15) is 4.79 Å². The number of rotatable bonds is 7. The van der Waals surface area contributed by atoms with Gasteiger partial charge in [0, 0.05) is 19.0 Å². The zero-order chi connectivity index (χ0) is 12.7. The van der Waals surface area contributed by atoms with Crippen molar-refractivity contribution in [3.05, 3.63) is 0 Å². The van der Waals surface area contributed by atoms with Crippen LogP contribution in [0.5, 0.6) is 0 Å². The molecule has 0 aromatic carbocycles. The van der Waals surface area contributed by atoms with E-state index in [4.69, 9.17) is 9.84 Å². The van der Waals surface area contributed by atoms with Gasteiger partial charge in [0.1, 0.15) is 0 Å². The lowest BCUT2D eigenvalue weighted by molar-refractivity contribution is -0.137. The maximum absolute atomic E-state index is 10.6. The van der Waals surface area contributed by atoms with Gasteiger partial charge in [0.05, 0.1) is 13.2 Å². The van der Waals surface area contributed by atoms with Crippen molar-refractivity contribution in [3.63, 3.8) is 0 Å². The molecule has 0 aromatic rings. The first-order chi connectivity index (χ1) is 8.09. The van der Waals surface area contributed by atoms with Gasteiger partial charge in [-0.1, -0.05) is 0 Å². The van der Waals surface area contributed by atoms with Crippen LogP contribution in [0.3, 0.4) is 0 Å². The minimum Gasteiger partial charge on any atom is -0.481 e. The number of carboxylic acid groups (broad SMARTS) is 1. The zero-order valence-corrected chi connectivity index (χ0v) is 10.9. The molecular formula is C12H24N2O3. The second kappa shape index (κ2) is 7.63. The van der Waals surface area contributed by atoms with Crippen molar-refractivity contribution in [2.24, 2.45) is 0 Å². The summed E-state index contributed by atoms with van der Waals surface area (Å²) < 4.78 is 5.43. The fourth-order valence-electron chi connectivity index (χ4n) is 2.13. The van der Waals surface area contributed by atoms with E-state index in [1.54, 1.807) is 0 Å². The molecule has 1 atom stereocenters. The summed E-state index contributed by atoms with van der Waals surface area (Å²) in [6.07, 6.45) is 2.05. The molecule has 1 aliphatic heterocycles. The van der Waals surface area contributed by atoms with Crippen LogP contribution in [0.2, 0.25) is 0 Å². The van der Waals surface area contributed by atoms with Gasteiger partial charge >= 0.3 is 5.97 Å². The second-order valence-corrected chi connectivity index (χ2v) is 4.85. The molecular weight excluding hydrogens is 220 g/mol. The Morgan fingerprint density at radius 1 is 1.53 bits per heavy atom. The molecule has 1 fully saturated rings. The average Bonchev–Trinajstić information content (AvgIpc) is 2.27. The van der Waals surface area contributed by atoms with Crippen LogP contribution in [0.4, 0.5) is 0 Å². The minimum atomic E-state index is -0.719. The number of ether oxygens (including phenoxy) is 1. The first-order valence-electron chi connectivity index (χ1n) is 6.28. The van der Waals surface area contributed by atoms with E-state index in [0.29, 0.717) is 13.0 Å². The average molecular weight is 244 g/mol. The van der Waals surface area contributed by atoms with E-state index < -0.39 is 5.97 Å². The highest BCUT2D eigenvalue weighted by Crippen LogP contribution is 2.13. The van der Waals surface area contributed by atoms with E-state index in [2.05, 4.69) is 23.9 Å². The lowest BCUT2D eigenvalue weighted by atomic mass is 10.1. The zero-order valence-electron chi connectivity index (χ0n) is 10.9. The number of aliphatic carboxylic acids is 1. The predicted molar refractivity (Wildman–Crippen MR) is 66.2 cm³/mol. The van der Waals surface area contributed by atoms with Crippen LogP contribution in [-0.2, 0) is 9.53 Å². The fraction of sp³-hybridized carbons (Fsp3) is 0.917. The summed E-state index contributed by atoms with van der Waals surface area (Å²) in [6, 6.07) is 0.280. The van der Waals surface area contributed by atoms with Gasteiger partial charge in [-0.2, -0.15) is 0 Å². The molecule has 1 aliphatic rings. The Hall–Kier alpha value is -0.650. The Bertz CT molecular complexity index is 234. The van der Waals surface area contributed by atoms with Crippen LogP contribution in [0.1, 0.15) is 19.3 Å². The number of hydrogen-bond donors (Lipinski definition) is 1. The number of carboxylic acids is 1. The second-order valence-electron chi connectivity index (χ2n) is 4.85. The monoisotopic (exact) mass is 244 g/mol. The van der Waals surface area contributed by atoms with Crippen LogP contribution >= 0.6 is 0 Å². The number of carbonyl (C=O) groups is 1. The SMILES string of the molecule is CN(C)CCCN1CCOCC1CCC(=O)O. The first kappa shape index (κ1) is 14.4. The Labute approximate surface area is 103 Å². The fourth-order valence-corrected chi connectivity index (χ4v) is 2.13. The molecule has 0 saturated carbocycles. The van der Waals surface area contributed by atoms with Gasteiger partial charge in [0.25, 0.3) is 0 Å². The quantitative estimate of drug-likeness (QED) is 0.707. The molecule has 100 valence electrons. The maximum Gasteiger partial charge on any atom is 0.303 e. The highest BCUT2D eigenvalue weighted by Gasteiger charge is 2.22. The van der Waals surface area contributed by atoms with Gasteiger partial charge in [-0.05, 0) is 40.0 Å². The van der Waals surface area contributed by atoms with Gasteiger partial charge in [-0.25, -0.2) is 0 Å². The number of morpholine rings is 1. The topological polar surface area (TPSA) is 53.0 Å². The summed E-state index contributed by atoms with van der Waals surface area (Å²) in [5.41, 5.74) is 0. The van der Waals surface area contributed by atoms with Crippen molar-refractivity contribution in [1.29, 1.82) is 0 Å². The Balaban J connectivity index is 2.29. The lowest BCUT2D eigenvalue weighted by Crippen LogP contribution is -2.46. The molecule has 0 radical (unpaired) electrons. The first-order valence-corrected chi connectivity index (χ1v) is 6.28. The van der Waals surface area contributed by atoms with Crippen LogP contribution in [0.25, 0.3) is 0 Å². The highest BCUT2D eigenvalue weighted by atomic mass is 16.5. The van der Waals surface area contributed by atoms with Crippen molar-refractivity contribution in [2.45, 2.75) is 25.3 Å².